The Morgan fingerprint density at radius 2 is 1.72 bits per heavy atom. The molecule has 0 saturated carbocycles. The fourth-order valence-corrected chi connectivity index (χ4v) is 6.31. The second-order valence-electron chi connectivity index (χ2n) is 8.07. The lowest BCUT2D eigenvalue weighted by atomic mass is 9.69. The van der Waals surface area contributed by atoms with Gasteiger partial charge in [-0.15, -0.1) is 0 Å². The first-order valence-electron chi connectivity index (χ1n) is 9.68. The Bertz CT molecular complexity index is 1120. The van der Waals surface area contributed by atoms with Crippen LogP contribution in [0.15, 0.2) is 59.0 Å². The van der Waals surface area contributed by atoms with Crippen molar-refractivity contribution in [2.45, 2.75) is 50.0 Å². The van der Waals surface area contributed by atoms with Gasteiger partial charge < -0.3 is 4.74 Å². The maximum absolute atomic E-state index is 13.8. The number of hydrogen-bond donors (Lipinski definition) is 0. The lowest BCUT2D eigenvalue weighted by Gasteiger charge is -2.39. The van der Waals surface area contributed by atoms with Crippen LogP contribution in [-0.2, 0) is 25.0 Å². The van der Waals surface area contributed by atoms with Crippen molar-refractivity contribution in [3.05, 3.63) is 70.8 Å². The van der Waals surface area contributed by atoms with Gasteiger partial charge in [0, 0.05) is 0 Å². The second kappa shape index (κ2) is 6.73. The third-order valence-corrected chi connectivity index (χ3v) is 7.98. The van der Waals surface area contributed by atoms with E-state index in [1.165, 1.54) is 11.4 Å². The zero-order valence-electron chi connectivity index (χ0n) is 17.1. The summed E-state index contributed by atoms with van der Waals surface area (Å²) in [4.78, 5) is 13.3. The van der Waals surface area contributed by atoms with Crippen molar-refractivity contribution in [2.75, 3.05) is 11.4 Å². The van der Waals surface area contributed by atoms with Gasteiger partial charge in [0.05, 0.1) is 23.7 Å². The summed E-state index contributed by atoms with van der Waals surface area (Å²) in [6.07, 6.45) is 2.93. The molecule has 5 nitrogen and oxygen atoms in total. The fourth-order valence-electron chi connectivity index (χ4n) is 4.61. The molecule has 1 aliphatic carbocycles. The highest BCUT2D eigenvalue weighted by atomic mass is 32.2. The van der Waals surface area contributed by atoms with Crippen LogP contribution >= 0.6 is 0 Å². The highest BCUT2D eigenvalue weighted by Crippen LogP contribution is 2.54. The van der Waals surface area contributed by atoms with Crippen LogP contribution in [-0.4, -0.2) is 27.5 Å². The number of methoxy groups -OCH3 is 1. The number of hydrogen-bond acceptors (Lipinski definition) is 4. The zero-order chi connectivity index (χ0) is 21.0. The summed E-state index contributed by atoms with van der Waals surface area (Å²) in [5.41, 5.74) is 3.26. The summed E-state index contributed by atoms with van der Waals surface area (Å²) in [7, 11) is -2.50. The number of allylic oxidation sites excluding steroid dienone is 1. The molecule has 0 saturated heterocycles. The summed E-state index contributed by atoms with van der Waals surface area (Å²) in [5.74, 6) is -0.391. The predicted octanol–water partition coefficient (Wildman–Crippen LogP) is 4.03. The predicted molar refractivity (Wildman–Crippen MR) is 112 cm³/mol. The number of fused-ring (bicyclic) bond motifs is 3. The van der Waals surface area contributed by atoms with Gasteiger partial charge in [-0.3, -0.25) is 9.10 Å². The van der Waals surface area contributed by atoms with E-state index in [-0.39, 0.29) is 4.90 Å². The van der Waals surface area contributed by atoms with Crippen molar-refractivity contribution in [1.82, 2.24) is 0 Å². The summed E-state index contributed by atoms with van der Waals surface area (Å²) < 4.78 is 34.3. The van der Waals surface area contributed by atoms with Crippen molar-refractivity contribution < 1.29 is 17.9 Å². The number of carbonyl (C=O) groups is 1. The van der Waals surface area contributed by atoms with Crippen molar-refractivity contribution in [3.63, 3.8) is 0 Å². The first-order chi connectivity index (χ1) is 13.7. The van der Waals surface area contributed by atoms with E-state index in [0.717, 1.165) is 22.3 Å². The number of sulfonamides is 1. The van der Waals surface area contributed by atoms with E-state index < -0.39 is 27.4 Å². The van der Waals surface area contributed by atoms with E-state index in [1.807, 2.05) is 45.0 Å². The number of nitrogens with zero attached hydrogens (tertiary/aromatic N) is 1. The molecule has 6 heteroatoms. The van der Waals surface area contributed by atoms with Crippen LogP contribution in [0.25, 0.3) is 0 Å². The molecule has 0 spiro atoms. The van der Waals surface area contributed by atoms with E-state index in [9.17, 15) is 13.2 Å². The van der Waals surface area contributed by atoms with Crippen LogP contribution in [0.2, 0.25) is 0 Å². The molecule has 2 unspecified atom stereocenters. The highest BCUT2D eigenvalue weighted by Gasteiger charge is 2.60. The monoisotopic (exact) mass is 411 g/mol. The first-order valence-corrected chi connectivity index (χ1v) is 11.1. The molecule has 0 N–H and O–H groups in total. The van der Waals surface area contributed by atoms with Gasteiger partial charge in [0.15, 0.2) is 0 Å². The van der Waals surface area contributed by atoms with Gasteiger partial charge in [-0.2, -0.15) is 0 Å². The molecule has 2 aliphatic rings. The normalized spacial score (nSPS) is 23.2. The smallest absolute Gasteiger partial charge is 0.318 e. The number of ether oxygens (including phenoxy) is 1. The Kier molecular flexibility index (Phi) is 4.57. The minimum absolute atomic E-state index is 0.225. The van der Waals surface area contributed by atoms with Crippen LogP contribution < -0.4 is 4.31 Å². The van der Waals surface area contributed by atoms with Crippen molar-refractivity contribution in [3.8, 4) is 0 Å². The molecule has 0 radical (unpaired) electrons. The zero-order valence-corrected chi connectivity index (χ0v) is 17.9. The van der Waals surface area contributed by atoms with Gasteiger partial charge in [0.25, 0.3) is 10.0 Å². The van der Waals surface area contributed by atoms with Crippen molar-refractivity contribution in [1.29, 1.82) is 0 Å². The van der Waals surface area contributed by atoms with Crippen LogP contribution in [0.3, 0.4) is 0 Å². The van der Waals surface area contributed by atoms with E-state index in [1.54, 1.807) is 24.3 Å². The largest absolute Gasteiger partial charge is 0.468 e. The van der Waals surface area contributed by atoms with Crippen LogP contribution in [0, 0.1) is 13.8 Å². The Morgan fingerprint density at radius 3 is 2.38 bits per heavy atom. The molecular formula is C23H25NO4S. The number of carbonyl (C=O) groups excluding carboxylic acids is 1. The standard InChI is InChI=1S/C23H25NO4S/c1-15-5-8-18(9-6-15)29(26,27)24-20-13-16(2)7-10-19(20)23(22(25)28-4)12-11-17(3)14-21(23)24/h5-11,13,21H,12,14H2,1-4H3. The molecule has 152 valence electrons. The van der Waals surface area contributed by atoms with Crippen LogP contribution in [0.5, 0.6) is 0 Å². The van der Waals surface area contributed by atoms with Gasteiger partial charge in [-0.25, -0.2) is 8.42 Å². The van der Waals surface area contributed by atoms with E-state index in [2.05, 4.69) is 0 Å². The second-order valence-corrected chi connectivity index (χ2v) is 9.89. The molecule has 0 fully saturated rings. The minimum Gasteiger partial charge on any atom is -0.468 e. The molecule has 1 heterocycles. The number of esters is 1. The molecule has 4 rings (SSSR count). The average molecular weight is 412 g/mol. The fraction of sp³-hybridized carbons (Fsp3) is 0.348. The first kappa shape index (κ1) is 19.7. The maximum atomic E-state index is 13.8. The van der Waals surface area contributed by atoms with Crippen molar-refractivity contribution in [2.24, 2.45) is 0 Å². The van der Waals surface area contributed by atoms with E-state index in [4.69, 9.17) is 4.74 Å². The van der Waals surface area contributed by atoms with Gasteiger partial charge in [-0.05, 0) is 62.9 Å². The average Bonchev–Trinajstić information content (AvgIpc) is 2.97. The number of benzene rings is 2. The van der Waals surface area contributed by atoms with Crippen LogP contribution in [0.1, 0.15) is 36.5 Å². The van der Waals surface area contributed by atoms with Crippen LogP contribution in [0.4, 0.5) is 5.69 Å². The summed E-state index contributed by atoms with van der Waals surface area (Å²) >= 11 is 0. The summed E-state index contributed by atoms with van der Waals surface area (Å²) in [6, 6.07) is 12.0. The molecule has 0 amide bonds. The Labute approximate surface area is 172 Å². The summed E-state index contributed by atoms with van der Waals surface area (Å²) in [5, 5.41) is 0. The molecule has 2 atom stereocenters. The van der Waals surface area contributed by atoms with Crippen molar-refractivity contribution >= 4 is 21.7 Å². The van der Waals surface area contributed by atoms with Gasteiger partial charge in [0.1, 0.15) is 5.41 Å². The third kappa shape index (κ3) is 2.81. The van der Waals surface area contributed by atoms with Gasteiger partial charge >= 0.3 is 5.97 Å². The molecule has 1 aliphatic heterocycles. The van der Waals surface area contributed by atoms with Gasteiger partial charge in [-0.1, -0.05) is 41.5 Å². The Balaban J connectivity index is 1.99. The molecule has 2 aromatic carbocycles. The van der Waals surface area contributed by atoms with E-state index >= 15 is 0 Å². The minimum atomic E-state index is -3.86. The topological polar surface area (TPSA) is 63.7 Å². The quantitative estimate of drug-likeness (QED) is 0.565. The highest BCUT2D eigenvalue weighted by molar-refractivity contribution is 7.93. The lowest BCUT2D eigenvalue weighted by molar-refractivity contribution is -0.148. The third-order valence-electron chi connectivity index (χ3n) is 6.14. The molecular weight excluding hydrogens is 386 g/mol. The molecule has 29 heavy (non-hydrogen) atoms. The van der Waals surface area contributed by atoms with E-state index in [0.29, 0.717) is 18.5 Å². The summed E-state index contributed by atoms with van der Waals surface area (Å²) in [6.45, 7) is 5.82. The SMILES string of the molecule is COC(=O)C12CC=C(C)CC1N(S(=O)(=O)c1ccc(C)cc1)c1cc(C)ccc12. The molecule has 2 aromatic rings. The number of rotatable bonds is 3. The lowest BCUT2D eigenvalue weighted by Crippen LogP contribution is -2.53. The Hall–Kier alpha value is -2.60. The molecule has 0 aromatic heterocycles. The molecule has 0 bridgehead atoms. The number of aryl methyl sites for hydroxylation is 2. The Morgan fingerprint density at radius 1 is 1.07 bits per heavy atom. The number of anilines is 1. The maximum Gasteiger partial charge on any atom is 0.318 e. The van der Waals surface area contributed by atoms with Gasteiger partial charge in [0.2, 0.25) is 0 Å².